The van der Waals surface area contributed by atoms with Gasteiger partial charge in [0.1, 0.15) is 11.6 Å². The van der Waals surface area contributed by atoms with Crippen molar-refractivity contribution >= 4 is 63.1 Å². The van der Waals surface area contributed by atoms with Crippen molar-refractivity contribution in [3.63, 3.8) is 0 Å². The number of aromatic nitrogens is 1. The summed E-state index contributed by atoms with van der Waals surface area (Å²) in [5.74, 6) is 0. The molecule has 0 aromatic carbocycles. The number of nitriles is 1. The quantitative estimate of drug-likeness (QED) is 0.636. The van der Waals surface area contributed by atoms with Crippen LogP contribution in [0.4, 0.5) is 0 Å². The molecule has 1 radical (unpaired) electrons. The topological polar surface area (TPSA) is 56.6 Å². The number of hydrogen-bond acceptors (Lipinski definition) is 3. The molecule has 0 amide bonds. The Bertz CT molecular complexity index is 448. The molecule has 1 aromatic rings. The van der Waals surface area contributed by atoms with Crippen molar-refractivity contribution in [2.24, 2.45) is 0 Å². The Labute approximate surface area is 136 Å². The molecule has 0 fully saturated rings. The number of rotatable bonds is 2. The molecule has 0 saturated carbocycles. The smallest absolute Gasteiger partial charge is 0.267 e. The Hall–Kier alpha value is 0.426. The third kappa shape index (κ3) is 3.19. The van der Waals surface area contributed by atoms with Crippen LogP contribution >= 0.6 is 11.8 Å². The van der Waals surface area contributed by atoms with E-state index in [9.17, 15) is 4.79 Å². The van der Waals surface area contributed by atoms with Gasteiger partial charge in [-0.2, -0.15) is 5.26 Å². The molecule has 75 valence electrons. The zero-order valence-corrected chi connectivity index (χ0v) is 13.4. The van der Waals surface area contributed by atoms with E-state index in [4.69, 9.17) is 5.26 Å². The molecular formula is C10H12KN2OS. The van der Waals surface area contributed by atoms with E-state index in [1.54, 1.807) is 0 Å². The van der Waals surface area contributed by atoms with Crippen LogP contribution in [0.1, 0.15) is 23.6 Å². The number of pyridine rings is 1. The molecule has 15 heavy (non-hydrogen) atoms. The summed E-state index contributed by atoms with van der Waals surface area (Å²) < 4.78 is 0. The summed E-state index contributed by atoms with van der Waals surface area (Å²) in [4.78, 5) is 14.2. The molecule has 1 N–H and O–H groups in total. The van der Waals surface area contributed by atoms with Crippen molar-refractivity contribution in [1.29, 1.82) is 5.26 Å². The number of hydrogen-bond donors (Lipinski definition) is 1. The average Bonchev–Trinajstić information content (AvgIpc) is 2.20. The van der Waals surface area contributed by atoms with E-state index >= 15 is 0 Å². The summed E-state index contributed by atoms with van der Waals surface area (Å²) in [6.45, 7) is 3.88. The Kier molecular flexibility index (Phi) is 7.09. The van der Waals surface area contributed by atoms with Crippen LogP contribution in [0, 0.1) is 18.3 Å². The molecule has 0 bridgehead atoms. The van der Waals surface area contributed by atoms with Gasteiger partial charge in [0.05, 0.1) is 5.03 Å². The summed E-state index contributed by atoms with van der Waals surface area (Å²) in [5, 5.41) is 9.69. The van der Waals surface area contributed by atoms with Crippen molar-refractivity contribution in [3.05, 3.63) is 27.0 Å². The van der Waals surface area contributed by atoms with Crippen LogP contribution in [0.15, 0.2) is 9.82 Å². The van der Waals surface area contributed by atoms with Crippen molar-refractivity contribution in [1.82, 2.24) is 4.98 Å². The Morgan fingerprint density at radius 1 is 1.53 bits per heavy atom. The second-order valence-electron chi connectivity index (χ2n) is 2.93. The van der Waals surface area contributed by atoms with E-state index in [0.29, 0.717) is 6.42 Å². The number of nitrogens with zero attached hydrogens (tertiary/aromatic N) is 1. The summed E-state index contributed by atoms with van der Waals surface area (Å²) in [5.41, 5.74) is 1.85. The number of H-pyrrole nitrogens is 1. The zero-order valence-electron chi connectivity index (χ0n) is 9.47. The third-order valence-corrected chi connectivity index (χ3v) is 3.04. The predicted molar refractivity (Wildman–Crippen MR) is 63.4 cm³/mol. The minimum absolute atomic E-state index is 0. The van der Waals surface area contributed by atoms with Gasteiger partial charge >= 0.3 is 0 Å². The van der Waals surface area contributed by atoms with Gasteiger partial charge in [-0.05, 0) is 30.7 Å². The fourth-order valence-corrected chi connectivity index (χ4v) is 2.11. The normalized spacial score (nSPS) is 9.20. The Balaban J connectivity index is 0.00000196. The van der Waals surface area contributed by atoms with E-state index in [1.807, 2.05) is 26.2 Å². The Morgan fingerprint density at radius 3 is 2.53 bits per heavy atom. The maximum Gasteiger partial charge on any atom is 0.267 e. The fourth-order valence-electron chi connectivity index (χ4n) is 1.49. The van der Waals surface area contributed by atoms with Crippen molar-refractivity contribution < 1.29 is 0 Å². The molecule has 1 heterocycles. The van der Waals surface area contributed by atoms with Gasteiger partial charge in [-0.25, -0.2) is 0 Å². The fraction of sp³-hybridized carbons (Fsp3) is 0.400. The number of aromatic amines is 1. The molecule has 5 heteroatoms. The van der Waals surface area contributed by atoms with Crippen LogP contribution in [-0.2, 0) is 6.42 Å². The van der Waals surface area contributed by atoms with Gasteiger partial charge in [-0.3, -0.25) is 4.79 Å². The van der Waals surface area contributed by atoms with Crippen LogP contribution < -0.4 is 5.56 Å². The van der Waals surface area contributed by atoms with Gasteiger partial charge in [0.25, 0.3) is 5.56 Å². The van der Waals surface area contributed by atoms with Crippen molar-refractivity contribution in [3.8, 4) is 6.07 Å². The summed E-state index contributed by atoms with van der Waals surface area (Å²) in [6, 6.07) is 1.95. The molecule has 0 saturated heterocycles. The average molecular weight is 247 g/mol. The molecule has 0 aliphatic carbocycles. The molecular weight excluding hydrogens is 235 g/mol. The first-order valence-electron chi connectivity index (χ1n) is 4.35. The molecule has 0 aliphatic rings. The van der Waals surface area contributed by atoms with Gasteiger partial charge < -0.3 is 4.98 Å². The minimum atomic E-state index is -0.278. The maximum absolute atomic E-state index is 11.5. The van der Waals surface area contributed by atoms with Gasteiger partial charge in [-0.1, -0.05) is 6.92 Å². The molecule has 0 spiro atoms. The predicted octanol–water partition coefficient (Wildman–Crippen LogP) is 1.46. The van der Waals surface area contributed by atoms with Crippen LogP contribution in [0.2, 0.25) is 0 Å². The van der Waals surface area contributed by atoms with Crippen LogP contribution in [-0.4, -0.2) is 62.6 Å². The molecule has 0 aliphatic heterocycles. The zero-order chi connectivity index (χ0) is 10.7. The van der Waals surface area contributed by atoms with E-state index in [-0.39, 0.29) is 62.5 Å². The molecule has 0 atom stereocenters. The van der Waals surface area contributed by atoms with E-state index in [2.05, 4.69) is 4.98 Å². The second-order valence-corrected chi connectivity index (χ2v) is 3.75. The molecule has 0 unspecified atom stereocenters. The van der Waals surface area contributed by atoms with E-state index in [1.165, 1.54) is 11.8 Å². The Morgan fingerprint density at radius 2 is 2.13 bits per heavy atom. The van der Waals surface area contributed by atoms with Crippen molar-refractivity contribution in [2.45, 2.75) is 25.3 Å². The van der Waals surface area contributed by atoms with E-state index in [0.717, 1.165) is 16.2 Å². The molecule has 1 aromatic heterocycles. The number of nitrogens with one attached hydrogen (secondary N) is 1. The van der Waals surface area contributed by atoms with Gasteiger partial charge in [0.2, 0.25) is 0 Å². The summed E-state index contributed by atoms with van der Waals surface area (Å²) >= 11 is 1.49. The minimum Gasteiger partial charge on any atom is -0.316 e. The first-order chi connectivity index (χ1) is 6.65. The third-order valence-electron chi connectivity index (χ3n) is 2.22. The molecule has 1 rings (SSSR count). The van der Waals surface area contributed by atoms with Crippen molar-refractivity contribution in [2.75, 3.05) is 6.26 Å². The van der Waals surface area contributed by atoms with Gasteiger partial charge in [0.15, 0.2) is 0 Å². The van der Waals surface area contributed by atoms with Crippen LogP contribution in [0.25, 0.3) is 0 Å². The summed E-state index contributed by atoms with van der Waals surface area (Å²) in [7, 11) is 0. The maximum atomic E-state index is 11.5. The second kappa shape index (κ2) is 6.89. The standard InChI is InChI=1S/C10H12N2OS.K/c1-4-7-6(2)10(14-3)12-9(13)8(7)5-11;/h4H2,1-3H3,(H,12,13);. The monoisotopic (exact) mass is 247 g/mol. The van der Waals surface area contributed by atoms with E-state index < -0.39 is 0 Å². The SMILES string of the molecule is CCc1c(C)c(SC)[nH]c(=O)c1C#N.[K]. The van der Waals surface area contributed by atoms with Gasteiger partial charge in [-0.15, -0.1) is 11.8 Å². The first kappa shape index (κ1) is 15.4. The number of thioether (sulfide) groups is 1. The molecule has 3 nitrogen and oxygen atoms in total. The van der Waals surface area contributed by atoms with Gasteiger partial charge in [0, 0.05) is 51.4 Å². The van der Waals surface area contributed by atoms with Crippen LogP contribution in [0.5, 0.6) is 0 Å². The van der Waals surface area contributed by atoms with Crippen LogP contribution in [0.3, 0.4) is 0 Å². The summed E-state index contributed by atoms with van der Waals surface area (Å²) in [6.07, 6.45) is 2.62. The largest absolute Gasteiger partial charge is 0.316 e. The first-order valence-corrected chi connectivity index (χ1v) is 5.58.